The van der Waals surface area contributed by atoms with Gasteiger partial charge in [0.25, 0.3) is 0 Å². The molecule has 0 spiro atoms. The van der Waals surface area contributed by atoms with E-state index in [0.717, 1.165) is 22.5 Å². The summed E-state index contributed by atoms with van der Waals surface area (Å²) in [6.45, 7) is 3.10. The normalized spacial score (nSPS) is 11.6. The van der Waals surface area contributed by atoms with Crippen LogP contribution in [0.4, 0.5) is 24.7 Å². The summed E-state index contributed by atoms with van der Waals surface area (Å²) in [5.41, 5.74) is 3.18. The fraction of sp³-hybridized carbons (Fsp3) is 0.310. The quantitative estimate of drug-likeness (QED) is 0.263. The second kappa shape index (κ2) is 12.4. The Bertz CT molecular complexity index is 1550. The Morgan fingerprint density at radius 1 is 1.15 bits per heavy atom. The van der Waals surface area contributed by atoms with Crippen molar-refractivity contribution in [2.24, 2.45) is 7.05 Å². The highest BCUT2D eigenvalue weighted by Crippen LogP contribution is 2.33. The van der Waals surface area contributed by atoms with Crippen molar-refractivity contribution in [1.29, 1.82) is 0 Å². The molecule has 0 saturated heterocycles. The molecule has 0 unspecified atom stereocenters. The predicted octanol–water partition coefficient (Wildman–Crippen LogP) is 4.68. The molecule has 0 saturated carbocycles. The van der Waals surface area contributed by atoms with Crippen LogP contribution in [-0.4, -0.2) is 77.3 Å². The van der Waals surface area contributed by atoms with Gasteiger partial charge in [-0.3, -0.25) is 4.79 Å². The van der Waals surface area contributed by atoms with E-state index in [9.17, 15) is 18.0 Å². The number of carbonyl (C=O) groups excluding carboxylic acids is 1. The maximum absolute atomic E-state index is 13.2. The molecule has 1 N–H and O–H groups in total. The highest BCUT2D eigenvalue weighted by Gasteiger charge is 2.30. The molecule has 4 rings (SSSR count). The minimum atomic E-state index is -4.57. The smallest absolute Gasteiger partial charge is 0.422 e. The minimum Gasteiger partial charge on any atom is -0.468 e. The average molecular weight is 568 g/mol. The van der Waals surface area contributed by atoms with Crippen LogP contribution in [0.3, 0.4) is 0 Å². The van der Waals surface area contributed by atoms with Crippen LogP contribution in [0.2, 0.25) is 0 Å². The van der Waals surface area contributed by atoms with Crippen molar-refractivity contribution in [3.63, 3.8) is 0 Å². The number of carbonyl (C=O) groups is 1. The van der Waals surface area contributed by atoms with Gasteiger partial charge in [-0.05, 0) is 38.4 Å². The second-order valence-corrected chi connectivity index (χ2v) is 9.85. The third-order valence-electron chi connectivity index (χ3n) is 6.33. The number of nitrogens with one attached hydrogen (secondary N) is 1. The van der Waals surface area contributed by atoms with E-state index in [2.05, 4.69) is 21.9 Å². The maximum atomic E-state index is 13.2. The lowest BCUT2D eigenvalue weighted by Crippen LogP contribution is -2.30. The number of aryl methyl sites for hydroxylation is 1. The topological polar surface area (TPSA) is 88.4 Å². The zero-order chi connectivity index (χ0) is 29.7. The predicted molar refractivity (Wildman–Crippen MR) is 153 cm³/mol. The standard InChI is InChI=1S/C29H32F3N7O2/c1-6-26(40)35-23-15-19(28(41-18-29(30,31)32)36-27(23)38(4)14-13-37(2)3)16-25-33-12-11-22(34-25)21-17-39(5)24-10-8-7-9-20(21)24/h6-12,15,17H,1,13-14,16,18H2,2-5H3,(H,35,40). The van der Waals surface area contributed by atoms with E-state index in [0.29, 0.717) is 30.3 Å². The Hall–Kier alpha value is -4.45. The van der Waals surface area contributed by atoms with Crippen LogP contribution in [0.15, 0.2) is 61.4 Å². The molecule has 0 bridgehead atoms. The largest absolute Gasteiger partial charge is 0.468 e. The molecule has 0 fully saturated rings. The summed E-state index contributed by atoms with van der Waals surface area (Å²) in [6, 6.07) is 11.2. The lowest BCUT2D eigenvalue weighted by Gasteiger charge is -2.25. The van der Waals surface area contributed by atoms with Crippen molar-refractivity contribution in [3.05, 3.63) is 72.8 Å². The number of pyridine rings is 1. The summed E-state index contributed by atoms with van der Waals surface area (Å²) < 4.78 is 46.7. The number of nitrogens with zero attached hydrogens (tertiary/aromatic N) is 6. The molecule has 0 radical (unpaired) electrons. The highest BCUT2D eigenvalue weighted by atomic mass is 19.4. The summed E-state index contributed by atoms with van der Waals surface area (Å²) in [4.78, 5) is 29.5. The first-order chi connectivity index (χ1) is 19.4. The van der Waals surface area contributed by atoms with E-state index < -0.39 is 18.7 Å². The molecule has 3 aromatic heterocycles. The number of ether oxygens (including phenoxy) is 1. The van der Waals surface area contributed by atoms with E-state index in [1.165, 1.54) is 0 Å². The fourth-order valence-electron chi connectivity index (χ4n) is 4.30. The number of likely N-dealkylation sites (N-methyl/N-ethyl adjacent to an activating group) is 2. The van der Waals surface area contributed by atoms with Gasteiger partial charge in [-0.2, -0.15) is 18.2 Å². The highest BCUT2D eigenvalue weighted by molar-refractivity contribution is 6.01. The van der Waals surface area contributed by atoms with Crippen LogP contribution in [0.5, 0.6) is 5.88 Å². The van der Waals surface area contributed by atoms with Crippen LogP contribution >= 0.6 is 0 Å². The van der Waals surface area contributed by atoms with Gasteiger partial charge in [0.15, 0.2) is 12.4 Å². The number of benzene rings is 1. The van der Waals surface area contributed by atoms with Crippen molar-refractivity contribution >= 4 is 28.3 Å². The molecular formula is C29H32F3N7O2. The number of halogens is 3. The molecule has 1 aromatic carbocycles. The lowest BCUT2D eigenvalue weighted by molar-refractivity contribution is -0.154. The maximum Gasteiger partial charge on any atom is 0.422 e. The van der Waals surface area contributed by atoms with E-state index in [-0.39, 0.29) is 23.7 Å². The molecule has 3 heterocycles. The van der Waals surface area contributed by atoms with Gasteiger partial charge in [0.05, 0.1) is 11.4 Å². The van der Waals surface area contributed by atoms with Crippen molar-refractivity contribution in [1.82, 2.24) is 24.4 Å². The van der Waals surface area contributed by atoms with E-state index in [1.807, 2.05) is 61.1 Å². The number of hydrogen-bond acceptors (Lipinski definition) is 7. The fourth-order valence-corrected chi connectivity index (χ4v) is 4.30. The number of anilines is 2. The summed E-state index contributed by atoms with van der Waals surface area (Å²) in [6.07, 6.45) is 0.117. The van der Waals surface area contributed by atoms with Crippen LogP contribution in [0.1, 0.15) is 11.4 Å². The molecule has 4 aromatic rings. The zero-order valence-electron chi connectivity index (χ0n) is 23.4. The monoisotopic (exact) mass is 567 g/mol. The van der Waals surface area contributed by atoms with Crippen molar-refractivity contribution in [2.75, 3.05) is 51.1 Å². The molecule has 9 nitrogen and oxygen atoms in total. The second-order valence-electron chi connectivity index (χ2n) is 9.85. The molecule has 216 valence electrons. The Balaban J connectivity index is 1.76. The van der Waals surface area contributed by atoms with Crippen LogP contribution in [0, 0.1) is 0 Å². The summed E-state index contributed by atoms with van der Waals surface area (Å²) >= 11 is 0. The molecular weight excluding hydrogens is 535 g/mol. The summed E-state index contributed by atoms with van der Waals surface area (Å²) in [7, 11) is 7.48. The van der Waals surface area contributed by atoms with Gasteiger partial charge in [-0.1, -0.05) is 24.8 Å². The third-order valence-corrected chi connectivity index (χ3v) is 6.33. The van der Waals surface area contributed by atoms with Gasteiger partial charge < -0.3 is 24.4 Å². The SMILES string of the molecule is C=CC(=O)Nc1cc(Cc2nccc(-c3cn(C)c4ccccc34)n2)c(OCC(F)(F)F)nc1N(C)CCN(C)C. The molecule has 41 heavy (non-hydrogen) atoms. The van der Waals surface area contributed by atoms with E-state index in [1.54, 1.807) is 30.3 Å². The molecule has 1 amide bonds. The number of hydrogen-bond donors (Lipinski definition) is 1. The van der Waals surface area contributed by atoms with Crippen molar-refractivity contribution in [2.45, 2.75) is 12.6 Å². The first kappa shape index (κ1) is 29.5. The average Bonchev–Trinajstić information content (AvgIpc) is 3.27. The van der Waals surface area contributed by atoms with Crippen molar-refractivity contribution < 1.29 is 22.7 Å². The summed E-state index contributed by atoms with van der Waals surface area (Å²) in [5, 5.41) is 3.73. The van der Waals surface area contributed by atoms with E-state index in [4.69, 9.17) is 9.72 Å². The summed E-state index contributed by atoms with van der Waals surface area (Å²) in [5.74, 6) is -0.0971. The number of para-hydroxylation sites is 1. The van der Waals surface area contributed by atoms with Crippen LogP contribution < -0.4 is 15.0 Å². The first-order valence-corrected chi connectivity index (χ1v) is 12.8. The minimum absolute atomic E-state index is 0.0114. The zero-order valence-corrected chi connectivity index (χ0v) is 23.4. The molecule has 0 aliphatic carbocycles. The molecule has 0 aliphatic heterocycles. The Labute approximate surface area is 236 Å². The third kappa shape index (κ3) is 7.40. The number of fused-ring (bicyclic) bond motifs is 1. The van der Waals surface area contributed by atoms with Gasteiger partial charge in [-0.25, -0.2) is 9.97 Å². The van der Waals surface area contributed by atoms with Crippen LogP contribution in [-0.2, 0) is 18.3 Å². The first-order valence-electron chi connectivity index (χ1n) is 12.8. The number of aromatic nitrogens is 4. The van der Waals surface area contributed by atoms with Gasteiger partial charge in [0.2, 0.25) is 11.8 Å². The van der Waals surface area contributed by atoms with Crippen molar-refractivity contribution in [3.8, 4) is 17.1 Å². The lowest BCUT2D eigenvalue weighted by atomic mass is 10.1. The Kier molecular flexibility index (Phi) is 8.92. The molecule has 0 aliphatic rings. The van der Waals surface area contributed by atoms with Gasteiger partial charge >= 0.3 is 6.18 Å². The van der Waals surface area contributed by atoms with Crippen LogP contribution in [0.25, 0.3) is 22.2 Å². The van der Waals surface area contributed by atoms with Gasteiger partial charge in [-0.15, -0.1) is 0 Å². The molecule has 0 atom stereocenters. The Morgan fingerprint density at radius 3 is 2.61 bits per heavy atom. The molecule has 12 heteroatoms. The van der Waals surface area contributed by atoms with Gasteiger partial charge in [0, 0.05) is 68.0 Å². The van der Waals surface area contributed by atoms with E-state index >= 15 is 0 Å². The number of rotatable bonds is 11. The Morgan fingerprint density at radius 2 is 1.90 bits per heavy atom. The van der Waals surface area contributed by atoms with Gasteiger partial charge in [0.1, 0.15) is 5.82 Å². The number of amides is 1. The number of alkyl halides is 3.